The largest absolute Gasteiger partial charge is 0.481 e. The second-order valence-electron chi connectivity index (χ2n) is 6.13. The Morgan fingerprint density at radius 1 is 1.15 bits per heavy atom. The highest BCUT2D eigenvalue weighted by molar-refractivity contribution is 5.76. The lowest BCUT2D eigenvalue weighted by Gasteiger charge is -2.38. The van der Waals surface area contributed by atoms with Crippen LogP contribution in [0.25, 0.3) is 0 Å². The zero-order valence-electron chi connectivity index (χ0n) is 12.3. The van der Waals surface area contributed by atoms with Crippen LogP contribution in [0.15, 0.2) is 0 Å². The van der Waals surface area contributed by atoms with Crippen molar-refractivity contribution in [3.63, 3.8) is 0 Å². The summed E-state index contributed by atoms with van der Waals surface area (Å²) >= 11 is 0. The molecule has 0 aromatic carbocycles. The highest BCUT2D eigenvalue weighted by Gasteiger charge is 2.33. The second kappa shape index (κ2) is 6.43. The Bertz CT molecular complexity index is 367. The summed E-state index contributed by atoms with van der Waals surface area (Å²) in [7, 11) is 2.09. The van der Waals surface area contributed by atoms with E-state index in [1.54, 1.807) is 4.90 Å². The molecule has 0 aromatic heterocycles. The molecule has 0 spiro atoms. The van der Waals surface area contributed by atoms with Gasteiger partial charge in [-0.1, -0.05) is 0 Å². The van der Waals surface area contributed by atoms with Gasteiger partial charge in [0.05, 0.1) is 5.92 Å². The molecule has 2 heterocycles. The molecule has 2 amide bonds. The van der Waals surface area contributed by atoms with Gasteiger partial charge in [0.15, 0.2) is 0 Å². The van der Waals surface area contributed by atoms with Gasteiger partial charge >= 0.3 is 12.0 Å². The molecular weight excluding hydrogens is 258 g/mol. The molecule has 114 valence electrons. The van der Waals surface area contributed by atoms with Gasteiger partial charge in [0.1, 0.15) is 0 Å². The fourth-order valence-electron chi connectivity index (χ4n) is 3.11. The van der Waals surface area contributed by atoms with E-state index in [2.05, 4.69) is 17.3 Å². The van der Waals surface area contributed by atoms with Crippen LogP contribution in [-0.4, -0.2) is 65.7 Å². The molecule has 0 aromatic rings. The van der Waals surface area contributed by atoms with Crippen molar-refractivity contribution in [2.24, 2.45) is 5.92 Å². The maximum atomic E-state index is 12.3. The van der Waals surface area contributed by atoms with Crippen LogP contribution in [0, 0.1) is 5.92 Å². The Morgan fingerprint density at radius 2 is 1.80 bits per heavy atom. The predicted molar refractivity (Wildman–Crippen MR) is 75.6 cm³/mol. The highest BCUT2D eigenvalue weighted by Crippen LogP contribution is 2.23. The number of hydrogen-bond acceptors (Lipinski definition) is 3. The number of nitrogens with one attached hydrogen (secondary N) is 1. The molecule has 6 nitrogen and oxygen atoms in total. The quantitative estimate of drug-likeness (QED) is 0.792. The van der Waals surface area contributed by atoms with E-state index in [0.717, 1.165) is 25.9 Å². The summed E-state index contributed by atoms with van der Waals surface area (Å²) in [6, 6.07) is 0.218. The fourth-order valence-corrected chi connectivity index (χ4v) is 3.11. The molecule has 2 saturated heterocycles. The lowest BCUT2D eigenvalue weighted by molar-refractivity contribution is -0.143. The third-order valence-electron chi connectivity index (χ3n) is 4.53. The maximum absolute atomic E-state index is 12.3. The Morgan fingerprint density at radius 3 is 2.35 bits per heavy atom. The van der Waals surface area contributed by atoms with Crippen molar-refractivity contribution in [3.8, 4) is 0 Å². The van der Waals surface area contributed by atoms with Crippen LogP contribution in [0.5, 0.6) is 0 Å². The minimum absolute atomic E-state index is 0.00360. The van der Waals surface area contributed by atoms with Gasteiger partial charge in [-0.15, -0.1) is 0 Å². The lowest BCUT2D eigenvalue weighted by Crippen LogP contribution is -2.53. The summed E-state index contributed by atoms with van der Waals surface area (Å²) in [6.45, 7) is 4.50. The minimum atomic E-state index is -0.743. The van der Waals surface area contributed by atoms with Crippen LogP contribution >= 0.6 is 0 Å². The van der Waals surface area contributed by atoms with Gasteiger partial charge in [-0.2, -0.15) is 0 Å². The molecule has 2 N–H and O–H groups in total. The summed E-state index contributed by atoms with van der Waals surface area (Å²) in [5, 5.41) is 12.1. The molecule has 20 heavy (non-hydrogen) atoms. The topological polar surface area (TPSA) is 72.9 Å². The van der Waals surface area contributed by atoms with E-state index in [1.165, 1.54) is 0 Å². The van der Waals surface area contributed by atoms with Crippen molar-refractivity contribution in [2.45, 2.75) is 44.7 Å². The molecular formula is C14H25N3O3. The Kier molecular flexibility index (Phi) is 4.86. The van der Waals surface area contributed by atoms with Crippen molar-refractivity contribution in [2.75, 3.05) is 26.7 Å². The van der Waals surface area contributed by atoms with E-state index in [0.29, 0.717) is 19.4 Å². The van der Waals surface area contributed by atoms with E-state index in [4.69, 9.17) is 5.11 Å². The molecule has 2 unspecified atom stereocenters. The number of piperidine rings is 2. The zero-order chi connectivity index (χ0) is 14.7. The summed E-state index contributed by atoms with van der Waals surface area (Å²) in [5.74, 6) is -1.05. The third-order valence-corrected chi connectivity index (χ3v) is 4.53. The Labute approximate surface area is 120 Å². The molecule has 2 fully saturated rings. The van der Waals surface area contributed by atoms with Gasteiger partial charge in [0.25, 0.3) is 0 Å². The molecule has 2 aliphatic heterocycles. The van der Waals surface area contributed by atoms with Crippen LogP contribution in [0.1, 0.15) is 32.6 Å². The standard InChI is InChI=1S/C14H25N3O3/c1-10-9-11(13(18)19)3-8-17(10)14(20)15-12-4-6-16(2)7-5-12/h10-12H,3-9H2,1-2H3,(H,15,20)(H,18,19). The average Bonchev–Trinajstić information content (AvgIpc) is 2.41. The number of aliphatic carboxylic acids is 1. The predicted octanol–water partition coefficient (Wildman–Crippen LogP) is 0.975. The van der Waals surface area contributed by atoms with Crippen LogP contribution in [-0.2, 0) is 4.79 Å². The molecule has 2 atom stereocenters. The van der Waals surface area contributed by atoms with Gasteiger partial charge in [-0.25, -0.2) is 4.79 Å². The summed E-state index contributed by atoms with van der Waals surface area (Å²) < 4.78 is 0. The molecule has 0 bridgehead atoms. The first-order valence-electron chi connectivity index (χ1n) is 7.46. The minimum Gasteiger partial charge on any atom is -0.481 e. The van der Waals surface area contributed by atoms with Gasteiger partial charge in [0.2, 0.25) is 0 Å². The van der Waals surface area contributed by atoms with Crippen LogP contribution < -0.4 is 5.32 Å². The van der Waals surface area contributed by atoms with E-state index in [1.807, 2.05) is 6.92 Å². The number of carbonyl (C=O) groups excluding carboxylic acids is 1. The van der Waals surface area contributed by atoms with Crippen LogP contribution in [0.3, 0.4) is 0 Å². The fraction of sp³-hybridized carbons (Fsp3) is 0.857. The van der Waals surface area contributed by atoms with Crippen LogP contribution in [0.4, 0.5) is 4.79 Å². The smallest absolute Gasteiger partial charge is 0.317 e. The van der Waals surface area contributed by atoms with Crippen molar-refractivity contribution >= 4 is 12.0 Å². The van der Waals surface area contributed by atoms with Gasteiger partial charge in [0, 0.05) is 18.6 Å². The molecule has 0 radical (unpaired) electrons. The van der Waals surface area contributed by atoms with E-state index in [9.17, 15) is 9.59 Å². The van der Waals surface area contributed by atoms with E-state index >= 15 is 0 Å². The number of amides is 2. The van der Waals surface area contributed by atoms with Crippen LogP contribution in [0.2, 0.25) is 0 Å². The second-order valence-corrected chi connectivity index (χ2v) is 6.13. The lowest BCUT2D eigenvalue weighted by atomic mass is 9.92. The van der Waals surface area contributed by atoms with E-state index < -0.39 is 5.97 Å². The number of carboxylic acid groups (broad SMARTS) is 1. The van der Waals surface area contributed by atoms with Crippen molar-refractivity contribution in [1.82, 2.24) is 15.1 Å². The Hall–Kier alpha value is -1.30. The van der Waals surface area contributed by atoms with E-state index in [-0.39, 0.29) is 24.0 Å². The highest BCUT2D eigenvalue weighted by atomic mass is 16.4. The van der Waals surface area contributed by atoms with Crippen molar-refractivity contribution in [1.29, 1.82) is 0 Å². The van der Waals surface area contributed by atoms with Gasteiger partial charge in [-0.3, -0.25) is 4.79 Å². The van der Waals surface area contributed by atoms with Crippen molar-refractivity contribution in [3.05, 3.63) is 0 Å². The molecule has 0 saturated carbocycles. The summed E-state index contributed by atoms with van der Waals surface area (Å²) in [4.78, 5) is 27.3. The first kappa shape index (κ1) is 15.1. The van der Waals surface area contributed by atoms with Gasteiger partial charge in [-0.05, 0) is 52.7 Å². The molecule has 2 aliphatic rings. The number of carbonyl (C=O) groups is 2. The first-order chi connectivity index (χ1) is 9.47. The number of hydrogen-bond donors (Lipinski definition) is 2. The first-order valence-corrected chi connectivity index (χ1v) is 7.46. The number of likely N-dealkylation sites (tertiary alicyclic amines) is 2. The number of nitrogens with zero attached hydrogens (tertiary/aromatic N) is 2. The number of carboxylic acids is 1. The van der Waals surface area contributed by atoms with Crippen molar-refractivity contribution < 1.29 is 14.7 Å². The summed E-state index contributed by atoms with van der Waals surface area (Å²) in [5.41, 5.74) is 0. The molecule has 6 heteroatoms. The number of rotatable bonds is 2. The van der Waals surface area contributed by atoms with Gasteiger partial charge < -0.3 is 20.2 Å². The third kappa shape index (κ3) is 3.62. The molecule has 0 aliphatic carbocycles. The normalized spacial score (nSPS) is 29.2. The monoisotopic (exact) mass is 283 g/mol. The molecule has 2 rings (SSSR count). The maximum Gasteiger partial charge on any atom is 0.317 e. The zero-order valence-corrected chi connectivity index (χ0v) is 12.3. The SMILES string of the molecule is CC1CC(C(=O)O)CCN1C(=O)NC1CCN(C)CC1. The number of urea groups is 1. The average molecular weight is 283 g/mol. The summed E-state index contributed by atoms with van der Waals surface area (Å²) in [6.07, 6.45) is 3.08. The Balaban J connectivity index is 1.82.